The molecule has 0 amide bonds. The van der Waals surface area contributed by atoms with Crippen LogP contribution in [0.5, 0.6) is 0 Å². The topological polar surface area (TPSA) is 65.2 Å². The van der Waals surface area contributed by atoms with Crippen LogP contribution in [0.3, 0.4) is 0 Å². The molecule has 19 heavy (non-hydrogen) atoms. The number of benzene rings is 1. The van der Waals surface area contributed by atoms with E-state index in [0.29, 0.717) is 12.2 Å². The minimum atomic E-state index is -0.442. The smallest absolute Gasteiger partial charge is 0.341 e. The van der Waals surface area contributed by atoms with Gasteiger partial charge in [0.2, 0.25) is 0 Å². The normalized spacial score (nSPS) is 10.2. The summed E-state index contributed by atoms with van der Waals surface area (Å²) in [7, 11) is 0. The zero-order valence-electron chi connectivity index (χ0n) is 11.0. The molecule has 0 aliphatic carbocycles. The van der Waals surface area contributed by atoms with Crippen LogP contribution in [0.25, 0.3) is 11.3 Å². The van der Waals surface area contributed by atoms with Crippen LogP contribution in [0.4, 0.5) is 5.82 Å². The Hall–Kier alpha value is -2.36. The first-order valence-corrected chi connectivity index (χ1v) is 6.12. The zero-order valence-corrected chi connectivity index (χ0v) is 11.0. The van der Waals surface area contributed by atoms with Gasteiger partial charge in [-0.3, -0.25) is 0 Å². The molecule has 0 saturated heterocycles. The SMILES string of the molecule is CCOC(=O)c1ccc(-c2ccc(C)cc2)nc1N. The fourth-order valence-corrected chi connectivity index (χ4v) is 1.74. The maximum Gasteiger partial charge on any atom is 0.341 e. The number of ether oxygens (including phenoxy) is 1. The minimum absolute atomic E-state index is 0.191. The van der Waals surface area contributed by atoms with Crippen LogP contribution in [-0.4, -0.2) is 17.6 Å². The van der Waals surface area contributed by atoms with E-state index in [1.54, 1.807) is 19.1 Å². The Morgan fingerprint density at radius 1 is 1.21 bits per heavy atom. The molecule has 1 heterocycles. The highest BCUT2D eigenvalue weighted by Crippen LogP contribution is 2.21. The van der Waals surface area contributed by atoms with Crippen LogP contribution >= 0.6 is 0 Å². The van der Waals surface area contributed by atoms with Gasteiger partial charge in [0.05, 0.1) is 12.3 Å². The van der Waals surface area contributed by atoms with Crippen LogP contribution in [0.1, 0.15) is 22.8 Å². The fourth-order valence-electron chi connectivity index (χ4n) is 1.74. The van der Waals surface area contributed by atoms with Gasteiger partial charge >= 0.3 is 5.97 Å². The molecule has 0 atom stereocenters. The van der Waals surface area contributed by atoms with Gasteiger partial charge in [-0.15, -0.1) is 0 Å². The van der Waals surface area contributed by atoms with Crippen LogP contribution < -0.4 is 5.73 Å². The van der Waals surface area contributed by atoms with Crippen molar-refractivity contribution in [2.45, 2.75) is 13.8 Å². The molecule has 1 aromatic heterocycles. The third kappa shape index (κ3) is 2.91. The Morgan fingerprint density at radius 3 is 2.47 bits per heavy atom. The van der Waals surface area contributed by atoms with Gasteiger partial charge in [-0.25, -0.2) is 9.78 Å². The first-order chi connectivity index (χ1) is 9.11. The Morgan fingerprint density at radius 2 is 1.89 bits per heavy atom. The predicted octanol–water partition coefficient (Wildman–Crippen LogP) is 2.82. The summed E-state index contributed by atoms with van der Waals surface area (Å²) in [6.45, 7) is 4.09. The second kappa shape index (κ2) is 5.52. The lowest BCUT2D eigenvalue weighted by molar-refractivity contribution is 0.0527. The molecule has 0 fully saturated rings. The number of nitrogens with two attached hydrogens (primary N) is 1. The second-order valence-electron chi connectivity index (χ2n) is 4.22. The van der Waals surface area contributed by atoms with E-state index in [-0.39, 0.29) is 5.82 Å². The number of anilines is 1. The van der Waals surface area contributed by atoms with E-state index in [4.69, 9.17) is 10.5 Å². The number of carbonyl (C=O) groups is 1. The van der Waals surface area contributed by atoms with Crippen molar-refractivity contribution in [3.8, 4) is 11.3 Å². The molecular formula is C15H16N2O2. The molecule has 4 nitrogen and oxygen atoms in total. The van der Waals surface area contributed by atoms with E-state index < -0.39 is 5.97 Å². The van der Waals surface area contributed by atoms with Crippen LogP contribution in [0, 0.1) is 6.92 Å². The van der Waals surface area contributed by atoms with Gasteiger partial charge < -0.3 is 10.5 Å². The summed E-state index contributed by atoms with van der Waals surface area (Å²) < 4.78 is 4.91. The highest BCUT2D eigenvalue weighted by Gasteiger charge is 2.12. The number of aryl methyl sites for hydroxylation is 1. The van der Waals surface area contributed by atoms with Crippen molar-refractivity contribution in [2.24, 2.45) is 0 Å². The van der Waals surface area contributed by atoms with Gasteiger partial charge in [0.1, 0.15) is 11.4 Å². The van der Waals surface area contributed by atoms with Crippen LogP contribution in [0.15, 0.2) is 36.4 Å². The average molecular weight is 256 g/mol. The fraction of sp³-hybridized carbons (Fsp3) is 0.200. The maximum atomic E-state index is 11.6. The maximum absolute atomic E-state index is 11.6. The number of nitrogen functional groups attached to an aromatic ring is 1. The second-order valence-corrected chi connectivity index (χ2v) is 4.22. The van der Waals surface area contributed by atoms with Gasteiger partial charge in [-0.2, -0.15) is 0 Å². The third-order valence-corrected chi connectivity index (χ3v) is 2.77. The summed E-state index contributed by atoms with van der Waals surface area (Å²) in [5.74, 6) is -0.250. The van der Waals surface area contributed by atoms with Gasteiger partial charge in [0.15, 0.2) is 0 Å². The molecular weight excluding hydrogens is 240 g/mol. The first-order valence-electron chi connectivity index (χ1n) is 6.12. The van der Waals surface area contributed by atoms with Crippen LogP contribution in [-0.2, 0) is 4.74 Å². The van der Waals surface area contributed by atoms with E-state index in [0.717, 1.165) is 11.3 Å². The van der Waals surface area contributed by atoms with Crippen molar-refractivity contribution in [3.63, 3.8) is 0 Å². The van der Waals surface area contributed by atoms with Gasteiger partial charge in [0.25, 0.3) is 0 Å². The zero-order chi connectivity index (χ0) is 13.8. The average Bonchev–Trinajstić information content (AvgIpc) is 2.39. The summed E-state index contributed by atoms with van der Waals surface area (Å²) >= 11 is 0. The summed E-state index contributed by atoms with van der Waals surface area (Å²) in [5.41, 5.74) is 9.00. The molecule has 2 N–H and O–H groups in total. The number of aromatic nitrogens is 1. The molecule has 4 heteroatoms. The van der Waals surface area contributed by atoms with Crippen molar-refractivity contribution < 1.29 is 9.53 Å². The van der Waals surface area contributed by atoms with Crippen molar-refractivity contribution >= 4 is 11.8 Å². The Bertz CT molecular complexity index is 592. The number of hydrogen-bond acceptors (Lipinski definition) is 4. The third-order valence-electron chi connectivity index (χ3n) is 2.77. The van der Waals surface area contributed by atoms with Gasteiger partial charge in [-0.1, -0.05) is 29.8 Å². The Balaban J connectivity index is 2.33. The number of nitrogens with zero attached hydrogens (tertiary/aromatic N) is 1. The van der Waals surface area contributed by atoms with Crippen molar-refractivity contribution in [1.29, 1.82) is 0 Å². The van der Waals surface area contributed by atoms with Crippen LogP contribution in [0.2, 0.25) is 0 Å². The standard InChI is InChI=1S/C15H16N2O2/c1-3-19-15(18)12-8-9-13(17-14(12)16)11-6-4-10(2)5-7-11/h4-9H,3H2,1-2H3,(H2,16,17). The highest BCUT2D eigenvalue weighted by atomic mass is 16.5. The molecule has 2 aromatic rings. The quantitative estimate of drug-likeness (QED) is 0.857. The number of pyridine rings is 1. The summed E-state index contributed by atoms with van der Waals surface area (Å²) in [5, 5.41) is 0. The predicted molar refractivity (Wildman–Crippen MR) is 74.8 cm³/mol. The number of esters is 1. The van der Waals surface area contributed by atoms with Crippen molar-refractivity contribution in [2.75, 3.05) is 12.3 Å². The van der Waals surface area contributed by atoms with E-state index in [9.17, 15) is 4.79 Å². The first kappa shape index (κ1) is 13.1. The van der Waals surface area contributed by atoms with Gasteiger partial charge in [0, 0.05) is 5.56 Å². The molecule has 0 spiro atoms. The molecule has 0 aliphatic heterocycles. The molecule has 98 valence electrons. The van der Waals surface area contributed by atoms with E-state index in [1.165, 1.54) is 5.56 Å². The molecule has 0 radical (unpaired) electrons. The highest BCUT2D eigenvalue weighted by molar-refractivity contribution is 5.94. The molecule has 2 rings (SSSR count). The van der Waals surface area contributed by atoms with Gasteiger partial charge in [-0.05, 0) is 26.0 Å². The largest absolute Gasteiger partial charge is 0.462 e. The van der Waals surface area contributed by atoms with Crippen molar-refractivity contribution in [3.05, 3.63) is 47.5 Å². The lowest BCUT2D eigenvalue weighted by Gasteiger charge is -2.07. The molecule has 0 saturated carbocycles. The molecule has 0 bridgehead atoms. The lowest BCUT2D eigenvalue weighted by atomic mass is 10.1. The number of rotatable bonds is 3. The monoisotopic (exact) mass is 256 g/mol. The Labute approximate surface area is 112 Å². The minimum Gasteiger partial charge on any atom is -0.462 e. The Kier molecular flexibility index (Phi) is 3.80. The van der Waals surface area contributed by atoms with Crippen molar-refractivity contribution in [1.82, 2.24) is 4.98 Å². The molecule has 1 aromatic carbocycles. The summed E-state index contributed by atoms with van der Waals surface area (Å²) in [4.78, 5) is 15.9. The van der Waals surface area contributed by atoms with E-state index >= 15 is 0 Å². The number of carbonyl (C=O) groups excluding carboxylic acids is 1. The lowest BCUT2D eigenvalue weighted by Crippen LogP contribution is -2.09. The molecule has 0 aliphatic rings. The van der Waals surface area contributed by atoms with E-state index in [1.807, 2.05) is 31.2 Å². The number of hydrogen-bond donors (Lipinski definition) is 1. The summed E-state index contributed by atoms with van der Waals surface area (Å²) in [6, 6.07) is 11.4. The molecule has 0 unspecified atom stereocenters. The van der Waals surface area contributed by atoms with E-state index in [2.05, 4.69) is 4.98 Å². The summed E-state index contributed by atoms with van der Waals surface area (Å²) in [6.07, 6.45) is 0.